The van der Waals surface area contributed by atoms with E-state index in [0.29, 0.717) is 11.3 Å². The second-order valence-electron chi connectivity index (χ2n) is 6.29. The van der Waals surface area contributed by atoms with E-state index in [4.69, 9.17) is 15.0 Å². The van der Waals surface area contributed by atoms with Crippen LogP contribution in [0.1, 0.15) is 33.3 Å². The van der Waals surface area contributed by atoms with Crippen LogP contribution in [0.15, 0.2) is 24.3 Å². The lowest BCUT2D eigenvalue weighted by atomic mass is 10.0. The summed E-state index contributed by atoms with van der Waals surface area (Å²) in [5.41, 5.74) is 8.54. The van der Waals surface area contributed by atoms with Gasteiger partial charge in [-0.25, -0.2) is 4.79 Å². The van der Waals surface area contributed by atoms with E-state index in [2.05, 4.69) is 10.1 Å². The third-order valence-electron chi connectivity index (χ3n) is 2.84. The van der Waals surface area contributed by atoms with Gasteiger partial charge in [-0.15, -0.1) is 0 Å². The minimum atomic E-state index is -0.967. The van der Waals surface area contributed by atoms with Crippen molar-refractivity contribution in [2.75, 3.05) is 0 Å². The fourth-order valence-electron chi connectivity index (χ4n) is 1.91. The van der Waals surface area contributed by atoms with Gasteiger partial charge in [0, 0.05) is 13.3 Å². The Bertz CT molecular complexity index is 685. The summed E-state index contributed by atoms with van der Waals surface area (Å²) in [7, 11) is 0. The van der Waals surface area contributed by atoms with Crippen LogP contribution in [0.25, 0.3) is 5.53 Å². The maximum atomic E-state index is 12.0. The van der Waals surface area contributed by atoms with Crippen molar-refractivity contribution in [1.29, 1.82) is 0 Å². The number of alkyl carbamates (subject to hydrolysis) is 1. The molecule has 0 aliphatic heterocycles. The molecule has 1 aromatic rings. The van der Waals surface area contributed by atoms with Gasteiger partial charge in [-0.1, -0.05) is 12.1 Å². The van der Waals surface area contributed by atoms with Gasteiger partial charge in [-0.05, 0) is 38.5 Å². The Morgan fingerprint density at radius 1 is 1.24 bits per heavy atom. The van der Waals surface area contributed by atoms with E-state index in [1.165, 1.54) is 6.92 Å². The SMILES string of the molecule is CC(=O)Oc1ccc(C[C@H](NC(=O)OC(C)(C)C)C(=O)C=[N+]=[N-])cc1. The van der Waals surface area contributed by atoms with Gasteiger partial charge in [0.1, 0.15) is 17.4 Å². The number of nitrogens with zero attached hydrogens (tertiary/aromatic N) is 2. The summed E-state index contributed by atoms with van der Waals surface area (Å²) in [4.78, 5) is 37.5. The minimum Gasteiger partial charge on any atom is -0.444 e. The molecule has 0 saturated heterocycles. The second kappa shape index (κ2) is 8.75. The van der Waals surface area contributed by atoms with Crippen molar-refractivity contribution < 1.29 is 28.6 Å². The van der Waals surface area contributed by atoms with Crippen LogP contribution in [0.4, 0.5) is 4.79 Å². The van der Waals surface area contributed by atoms with Gasteiger partial charge >= 0.3 is 18.3 Å². The molecule has 134 valence electrons. The molecule has 1 rings (SSSR count). The van der Waals surface area contributed by atoms with Gasteiger partial charge in [-0.3, -0.25) is 9.59 Å². The Balaban J connectivity index is 2.86. The summed E-state index contributed by atoms with van der Waals surface area (Å²) in [5.74, 6) is -0.653. The number of ether oxygens (including phenoxy) is 2. The number of hydrogen-bond donors (Lipinski definition) is 1. The molecule has 8 nitrogen and oxygen atoms in total. The van der Waals surface area contributed by atoms with Crippen LogP contribution in [-0.4, -0.2) is 40.5 Å². The van der Waals surface area contributed by atoms with Gasteiger partial charge < -0.3 is 20.3 Å². The van der Waals surface area contributed by atoms with Crippen molar-refractivity contribution in [3.05, 3.63) is 35.4 Å². The van der Waals surface area contributed by atoms with Crippen LogP contribution in [0.2, 0.25) is 0 Å². The summed E-state index contributed by atoms with van der Waals surface area (Å²) >= 11 is 0. The quantitative estimate of drug-likeness (QED) is 0.277. The van der Waals surface area contributed by atoms with Crippen molar-refractivity contribution in [1.82, 2.24) is 5.32 Å². The number of carbonyl (C=O) groups is 3. The van der Waals surface area contributed by atoms with Crippen molar-refractivity contribution >= 4 is 24.1 Å². The maximum absolute atomic E-state index is 12.0. The van der Waals surface area contributed by atoms with Crippen molar-refractivity contribution in [2.45, 2.75) is 45.8 Å². The number of hydrogen-bond acceptors (Lipinski definition) is 5. The van der Waals surface area contributed by atoms with E-state index in [0.717, 1.165) is 6.21 Å². The van der Waals surface area contributed by atoms with E-state index in [1.807, 2.05) is 0 Å². The first-order chi connectivity index (χ1) is 11.6. The summed E-state index contributed by atoms with van der Waals surface area (Å²) in [6, 6.07) is 5.50. The zero-order valence-corrected chi connectivity index (χ0v) is 14.6. The zero-order valence-electron chi connectivity index (χ0n) is 14.6. The molecule has 0 bridgehead atoms. The first kappa shape index (κ1) is 20.1. The molecular formula is C17H21N3O5. The highest BCUT2D eigenvalue weighted by Crippen LogP contribution is 2.14. The molecule has 1 aromatic carbocycles. The van der Waals surface area contributed by atoms with E-state index in [1.54, 1.807) is 45.0 Å². The maximum Gasteiger partial charge on any atom is 0.408 e. The van der Waals surface area contributed by atoms with Gasteiger partial charge in [0.05, 0.1) is 0 Å². The van der Waals surface area contributed by atoms with Crippen LogP contribution in [0, 0.1) is 0 Å². The molecule has 0 aliphatic carbocycles. The number of Topliss-reactive ketones (excluding diaryl/α,β-unsaturated/α-hetero) is 1. The third-order valence-corrected chi connectivity index (χ3v) is 2.84. The van der Waals surface area contributed by atoms with E-state index < -0.39 is 29.5 Å². The zero-order chi connectivity index (χ0) is 19.0. The highest BCUT2D eigenvalue weighted by Gasteiger charge is 2.25. The average molecular weight is 347 g/mol. The molecular weight excluding hydrogens is 326 g/mol. The van der Waals surface area contributed by atoms with Crippen LogP contribution in [0.5, 0.6) is 5.75 Å². The fourth-order valence-corrected chi connectivity index (χ4v) is 1.91. The lowest BCUT2D eigenvalue weighted by Crippen LogP contribution is -2.45. The molecule has 0 aromatic heterocycles. The number of amides is 1. The molecule has 1 atom stereocenters. The molecule has 0 aliphatic rings. The average Bonchev–Trinajstić information content (AvgIpc) is 2.46. The number of benzene rings is 1. The molecule has 8 heteroatoms. The van der Waals surface area contributed by atoms with Crippen LogP contribution < -0.4 is 10.1 Å². The number of nitrogens with one attached hydrogen (secondary N) is 1. The molecule has 0 unspecified atom stereocenters. The molecule has 0 fully saturated rings. The smallest absolute Gasteiger partial charge is 0.408 e. The molecule has 0 radical (unpaired) electrons. The van der Waals surface area contributed by atoms with Gasteiger partial charge in [0.2, 0.25) is 0 Å². The largest absolute Gasteiger partial charge is 0.444 e. The van der Waals surface area contributed by atoms with E-state index >= 15 is 0 Å². The Hall–Kier alpha value is -2.99. The van der Waals surface area contributed by atoms with Crippen molar-refractivity contribution in [3.8, 4) is 5.75 Å². The molecule has 25 heavy (non-hydrogen) atoms. The number of ketones is 1. The van der Waals surface area contributed by atoms with Crippen LogP contribution in [-0.2, 0) is 20.7 Å². The standard InChI is InChI=1S/C17H21N3O5/c1-11(21)24-13-7-5-12(6-8-13)9-14(15(22)10-19-18)20-16(23)25-17(2,3)4/h5-8,10,14H,9H2,1-4H3,(H,20,23)/t14-/m0/s1. The van der Waals surface area contributed by atoms with Crippen molar-refractivity contribution in [2.24, 2.45) is 0 Å². The lowest BCUT2D eigenvalue weighted by Gasteiger charge is -2.22. The van der Waals surface area contributed by atoms with Gasteiger partial charge in [0.15, 0.2) is 0 Å². The molecule has 0 spiro atoms. The fraction of sp³-hybridized carbons (Fsp3) is 0.412. The second-order valence-corrected chi connectivity index (χ2v) is 6.29. The number of esters is 1. The molecule has 1 N–H and O–H groups in total. The topological polar surface area (TPSA) is 118 Å². The monoisotopic (exact) mass is 347 g/mol. The van der Waals surface area contributed by atoms with E-state index in [9.17, 15) is 14.4 Å². The summed E-state index contributed by atoms with van der Waals surface area (Å²) < 4.78 is 10.1. The first-order valence-electron chi connectivity index (χ1n) is 7.59. The minimum absolute atomic E-state index is 0.143. The summed E-state index contributed by atoms with van der Waals surface area (Å²) in [6.07, 6.45) is 0.105. The van der Waals surface area contributed by atoms with Gasteiger partial charge in [-0.2, -0.15) is 4.79 Å². The predicted octanol–water partition coefficient (Wildman–Crippen LogP) is 1.92. The van der Waals surface area contributed by atoms with Gasteiger partial charge in [0.25, 0.3) is 5.78 Å². The van der Waals surface area contributed by atoms with Crippen LogP contribution in [0.3, 0.4) is 0 Å². The van der Waals surface area contributed by atoms with Crippen molar-refractivity contribution in [3.63, 3.8) is 0 Å². The number of rotatable bonds is 6. The third kappa shape index (κ3) is 7.90. The summed E-state index contributed by atoms with van der Waals surface area (Å²) in [5, 5.41) is 2.46. The van der Waals surface area contributed by atoms with E-state index in [-0.39, 0.29) is 6.42 Å². The van der Waals surface area contributed by atoms with Crippen LogP contribution >= 0.6 is 0 Å². The Morgan fingerprint density at radius 2 is 1.84 bits per heavy atom. The molecule has 1 amide bonds. The highest BCUT2D eigenvalue weighted by atomic mass is 16.6. The Morgan fingerprint density at radius 3 is 2.32 bits per heavy atom. The Kier molecular flexibility index (Phi) is 7.02. The first-order valence-corrected chi connectivity index (χ1v) is 7.59. The number of carbonyl (C=O) groups excluding carboxylic acids is 3. The summed E-state index contributed by atoms with van der Waals surface area (Å²) in [6.45, 7) is 6.40. The lowest BCUT2D eigenvalue weighted by molar-refractivity contribution is -0.131. The molecule has 0 saturated carbocycles. The normalized spacial score (nSPS) is 11.7. The predicted molar refractivity (Wildman–Crippen MR) is 89.3 cm³/mol. The Labute approximate surface area is 145 Å². The molecule has 0 heterocycles. The highest BCUT2D eigenvalue weighted by molar-refractivity contribution is 6.28.